The Bertz CT molecular complexity index is 323. The van der Waals surface area contributed by atoms with Gasteiger partial charge < -0.3 is 0 Å². The van der Waals surface area contributed by atoms with Gasteiger partial charge in [-0.2, -0.15) is 0 Å². The molecule has 13 heavy (non-hydrogen) atoms. The molecule has 1 nitrogen and oxygen atoms in total. The second kappa shape index (κ2) is 4.82. The Kier molecular flexibility index (Phi) is 4.00. The van der Waals surface area contributed by atoms with E-state index in [-0.39, 0.29) is 5.78 Å². The number of carbonyl (C=O) groups excluding carboxylic acids is 1. The van der Waals surface area contributed by atoms with Gasteiger partial charge in [-0.15, -0.1) is 11.8 Å². The molecule has 0 aliphatic carbocycles. The first-order valence-electron chi connectivity index (χ1n) is 3.94. The molecule has 0 bridgehead atoms. The molecule has 0 N–H and O–H groups in total. The molecule has 0 aliphatic rings. The summed E-state index contributed by atoms with van der Waals surface area (Å²) in [4.78, 5) is 12.1. The molecular formula is C10H11BrOS. The van der Waals surface area contributed by atoms with E-state index in [9.17, 15) is 4.79 Å². The van der Waals surface area contributed by atoms with Crippen LogP contribution in [0.25, 0.3) is 0 Å². The monoisotopic (exact) mass is 258 g/mol. The first-order valence-corrected chi connectivity index (χ1v) is 5.96. The zero-order valence-electron chi connectivity index (χ0n) is 7.63. The molecule has 1 aromatic rings. The highest BCUT2D eigenvalue weighted by Gasteiger charge is 2.01. The number of halogens is 1. The molecule has 0 fully saturated rings. The number of carbonyl (C=O) groups is 1. The van der Waals surface area contributed by atoms with Crippen molar-refractivity contribution in [2.45, 2.75) is 18.2 Å². The van der Waals surface area contributed by atoms with Crippen LogP contribution in [0, 0.1) is 0 Å². The summed E-state index contributed by atoms with van der Waals surface area (Å²) < 4.78 is 1.04. The number of hydrogen-bond donors (Lipinski definition) is 0. The molecule has 0 aliphatic heterocycles. The third-order valence-corrected chi connectivity index (χ3v) is 2.78. The van der Waals surface area contributed by atoms with Crippen molar-refractivity contribution in [2.75, 3.05) is 6.26 Å². The summed E-state index contributed by atoms with van der Waals surface area (Å²) in [5, 5.41) is 0. The van der Waals surface area contributed by atoms with Gasteiger partial charge in [-0.25, -0.2) is 0 Å². The number of benzene rings is 1. The Morgan fingerprint density at radius 3 is 2.69 bits per heavy atom. The van der Waals surface area contributed by atoms with Crippen LogP contribution in [0.3, 0.4) is 0 Å². The van der Waals surface area contributed by atoms with Crippen molar-refractivity contribution in [1.29, 1.82) is 0 Å². The fraction of sp³-hybridized carbons (Fsp3) is 0.300. The summed E-state index contributed by atoms with van der Waals surface area (Å²) in [7, 11) is 0. The summed E-state index contributed by atoms with van der Waals surface area (Å²) in [6, 6.07) is 6.09. The van der Waals surface area contributed by atoms with Gasteiger partial charge in [0.05, 0.1) is 0 Å². The minimum Gasteiger partial charge on any atom is -0.300 e. The maximum Gasteiger partial charge on any atom is 0.134 e. The van der Waals surface area contributed by atoms with Crippen LogP contribution in [-0.2, 0) is 11.2 Å². The highest BCUT2D eigenvalue weighted by Crippen LogP contribution is 2.22. The van der Waals surface area contributed by atoms with Crippen LogP contribution < -0.4 is 0 Å². The van der Waals surface area contributed by atoms with Gasteiger partial charge in [-0.05, 0) is 36.9 Å². The van der Waals surface area contributed by atoms with Gasteiger partial charge in [-0.1, -0.05) is 15.9 Å². The predicted molar refractivity (Wildman–Crippen MR) is 60.3 cm³/mol. The Balaban J connectivity index is 2.94. The lowest BCUT2D eigenvalue weighted by Crippen LogP contribution is -1.96. The standard InChI is InChI=1S/C10H11BrOS/c1-7(12)3-8-4-9(11)6-10(5-8)13-2/h4-6H,3H2,1-2H3. The van der Waals surface area contributed by atoms with Gasteiger partial charge in [-0.3, -0.25) is 4.79 Å². The number of ketones is 1. The third kappa shape index (κ3) is 3.53. The Morgan fingerprint density at radius 1 is 1.46 bits per heavy atom. The van der Waals surface area contributed by atoms with E-state index in [4.69, 9.17) is 0 Å². The molecule has 0 aromatic heterocycles. The molecule has 0 heterocycles. The summed E-state index contributed by atoms with van der Waals surface area (Å²) >= 11 is 5.10. The van der Waals surface area contributed by atoms with E-state index >= 15 is 0 Å². The zero-order valence-corrected chi connectivity index (χ0v) is 10.0. The molecule has 0 amide bonds. The minimum atomic E-state index is 0.199. The third-order valence-electron chi connectivity index (χ3n) is 1.62. The van der Waals surface area contributed by atoms with Crippen molar-refractivity contribution < 1.29 is 4.79 Å². The summed E-state index contributed by atoms with van der Waals surface area (Å²) in [6.07, 6.45) is 2.55. The van der Waals surface area contributed by atoms with E-state index in [1.54, 1.807) is 18.7 Å². The van der Waals surface area contributed by atoms with Crippen molar-refractivity contribution in [3.05, 3.63) is 28.2 Å². The van der Waals surface area contributed by atoms with E-state index in [0.717, 1.165) is 10.0 Å². The molecule has 3 heteroatoms. The lowest BCUT2D eigenvalue weighted by Gasteiger charge is -2.02. The summed E-state index contributed by atoms with van der Waals surface area (Å²) in [6.45, 7) is 1.61. The van der Waals surface area contributed by atoms with E-state index in [1.165, 1.54) is 4.90 Å². The minimum absolute atomic E-state index is 0.199. The molecule has 0 atom stereocenters. The molecular weight excluding hydrogens is 248 g/mol. The van der Waals surface area contributed by atoms with Crippen molar-refractivity contribution in [3.63, 3.8) is 0 Å². The van der Waals surface area contributed by atoms with E-state index in [2.05, 4.69) is 22.0 Å². The normalized spacial score (nSPS) is 10.1. The molecule has 0 saturated heterocycles. The fourth-order valence-corrected chi connectivity index (χ4v) is 2.33. The van der Waals surface area contributed by atoms with Gasteiger partial charge in [0.2, 0.25) is 0 Å². The van der Waals surface area contributed by atoms with Crippen molar-refractivity contribution in [1.82, 2.24) is 0 Å². The van der Waals surface area contributed by atoms with Gasteiger partial charge in [0.25, 0.3) is 0 Å². The molecule has 1 aromatic carbocycles. The largest absolute Gasteiger partial charge is 0.300 e. The second-order valence-electron chi connectivity index (χ2n) is 2.88. The Labute approximate surface area is 91.0 Å². The quantitative estimate of drug-likeness (QED) is 0.775. The highest BCUT2D eigenvalue weighted by atomic mass is 79.9. The Hall–Kier alpha value is -0.280. The summed E-state index contributed by atoms with van der Waals surface area (Å²) in [5.41, 5.74) is 1.08. The highest BCUT2D eigenvalue weighted by molar-refractivity contribution is 9.10. The Morgan fingerprint density at radius 2 is 2.15 bits per heavy atom. The maximum absolute atomic E-state index is 10.9. The molecule has 70 valence electrons. The molecule has 0 saturated carbocycles. The molecule has 0 unspecified atom stereocenters. The lowest BCUT2D eigenvalue weighted by atomic mass is 10.1. The van der Waals surface area contributed by atoms with Crippen LogP contribution in [0.15, 0.2) is 27.6 Å². The van der Waals surface area contributed by atoms with Crippen LogP contribution in [-0.4, -0.2) is 12.0 Å². The SMILES string of the molecule is CSc1cc(Br)cc(CC(C)=O)c1. The fourth-order valence-electron chi connectivity index (χ4n) is 1.13. The van der Waals surface area contributed by atoms with Gasteiger partial charge in [0.1, 0.15) is 5.78 Å². The van der Waals surface area contributed by atoms with Gasteiger partial charge in [0, 0.05) is 15.8 Å². The van der Waals surface area contributed by atoms with Crippen LogP contribution in [0.4, 0.5) is 0 Å². The average Bonchev–Trinajstić information content (AvgIpc) is 2.01. The van der Waals surface area contributed by atoms with Crippen molar-refractivity contribution in [3.8, 4) is 0 Å². The predicted octanol–water partition coefficient (Wildman–Crippen LogP) is 3.30. The van der Waals surface area contributed by atoms with Gasteiger partial charge >= 0.3 is 0 Å². The number of hydrogen-bond acceptors (Lipinski definition) is 2. The molecule has 0 radical (unpaired) electrons. The van der Waals surface area contributed by atoms with E-state index in [0.29, 0.717) is 6.42 Å². The first kappa shape index (κ1) is 10.8. The van der Waals surface area contributed by atoms with E-state index in [1.807, 2.05) is 18.4 Å². The number of thioether (sulfide) groups is 1. The zero-order chi connectivity index (χ0) is 9.84. The van der Waals surface area contributed by atoms with Gasteiger partial charge in [0.15, 0.2) is 0 Å². The lowest BCUT2D eigenvalue weighted by molar-refractivity contribution is -0.116. The number of Topliss-reactive ketones (excluding diaryl/α,β-unsaturated/α-hetero) is 1. The summed E-state index contributed by atoms with van der Waals surface area (Å²) in [5.74, 6) is 0.199. The van der Waals surface area contributed by atoms with Crippen LogP contribution in [0.2, 0.25) is 0 Å². The topological polar surface area (TPSA) is 17.1 Å². The van der Waals surface area contributed by atoms with Crippen LogP contribution >= 0.6 is 27.7 Å². The molecule has 1 rings (SSSR count). The maximum atomic E-state index is 10.9. The smallest absolute Gasteiger partial charge is 0.134 e. The average molecular weight is 259 g/mol. The van der Waals surface area contributed by atoms with Crippen LogP contribution in [0.5, 0.6) is 0 Å². The second-order valence-corrected chi connectivity index (χ2v) is 4.67. The van der Waals surface area contributed by atoms with E-state index < -0.39 is 0 Å². The van der Waals surface area contributed by atoms with Crippen LogP contribution in [0.1, 0.15) is 12.5 Å². The molecule has 0 spiro atoms. The van der Waals surface area contributed by atoms with Crippen molar-refractivity contribution in [2.24, 2.45) is 0 Å². The number of rotatable bonds is 3. The van der Waals surface area contributed by atoms with Crippen molar-refractivity contribution >= 4 is 33.5 Å². The first-order chi connectivity index (χ1) is 6.11.